The molecule has 0 N–H and O–H groups in total. The number of likely N-dealkylation sites (tertiary alicyclic amines) is 1. The molecule has 0 aliphatic carbocycles. The minimum atomic E-state index is -0.231. The summed E-state index contributed by atoms with van der Waals surface area (Å²) < 4.78 is 13.4. The summed E-state index contributed by atoms with van der Waals surface area (Å²) in [5, 5.41) is 0. The van der Waals surface area contributed by atoms with E-state index in [2.05, 4.69) is 35.2 Å². The van der Waals surface area contributed by atoms with E-state index < -0.39 is 0 Å². The minimum absolute atomic E-state index is 0.231. The Labute approximate surface area is 176 Å². The monoisotopic (exact) mass is 397 g/mol. The maximum absolute atomic E-state index is 13.4. The fourth-order valence-electron chi connectivity index (χ4n) is 4.35. The van der Waals surface area contributed by atoms with Crippen molar-refractivity contribution in [2.24, 2.45) is 9.98 Å². The van der Waals surface area contributed by atoms with Crippen molar-refractivity contribution >= 4 is 22.9 Å². The molecule has 2 aliphatic rings. The van der Waals surface area contributed by atoms with Gasteiger partial charge in [0.15, 0.2) is 0 Å². The van der Waals surface area contributed by atoms with E-state index in [-0.39, 0.29) is 5.82 Å². The van der Waals surface area contributed by atoms with Gasteiger partial charge in [0.05, 0.1) is 17.1 Å². The average Bonchev–Trinajstić information content (AvgIpc) is 3.00. The first-order valence-corrected chi connectivity index (χ1v) is 10.6. The lowest BCUT2D eigenvalue weighted by molar-refractivity contribution is 0.310. The zero-order valence-corrected chi connectivity index (χ0v) is 16.8. The van der Waals surface area contributed by atoms with Crippen molar-refractivity contribution in [1.29, 1.82) is 0 Å². The summed E-state index contributed by atoms with van der Waals surface area (Å²) in [5.41, 5.74) is 5.07. The summed E-state index contributed by atoms with van der Waals surface area (Å²) in [4.78, 5) is 12.3. The normalized spacial score (nSPS) is 17.0. The van der Waals surface area contributed by atoms with Crippen LogP contribution in [-0.2, 0) is 0 Å². The van der Waals surface area contributed by atoms with Crippen molar-refractivity contribution in [1.82, 2.24) is 4.90 Å². The molecular formula is C26H24FN3. The number of halogens is 1. The fraction of sp³-hybridized carbons (Fsp3) is 0.231. The fourth-order valence-corrected chi connectivity index (χ4v) is 4.35. The van der Waals surface area contributed by atoms with Gasteiger partial charge < -0.3 is 4.90 Å². The summed E-state index contributed by atoms with van der Waals surface area (Å²) in [5.74, 6) is 1.42. The summed E-state index contributed by atoms with van der Waals surface area (Å²) in [7, 11) is 0. The molecule has 4 heteroatoms. The zero-order valence-electron chi connectivity index (χ0n) is 16.8. The predicted octanol–water partition coefficient (Wildman–Crippen LogP) is 6.26. The van der Waals surface area contributed by atoms with E-state index in [1.165, 1.54) is 17.7 Å². The summed E-state index contributed by atoms with van der Waals surface area (Å²) >= 11 is 0. The molecule has 0 saturated carbocycles. The van der Waals surface area contributed by atoms with E-state index in [0.29, 0.717) is 12.3 Å². The number of piperidine rings is 1. The molecule has 0 spiro atoms. The number of hydrogen-bond donors (Lipinski definition) is 0. The Hall–Kier alpha value is -3.27. The second-order valence-corrected chi connectivity index (χ2v) is 7.93. The molecule has 0 atom stereocenters. The van der Waals surface area contributed by atoms with Crippen LogP contribution in [0.1, 0.15) is 36.3 Å². The van der Waals surface area contributed by atoms with Crippen LogP contribution in [0, 0.1) is 5.82 Å². The lowest BCUT2D eigenvalue weighted by atomic mass is 9.89. The van der Waals surface area contributed by atoms with E-state index in [0.717, 1.165) is 54.4 Å². The Morgan fingerprint density at radius 2 is 1.37 bits per heavy atom. The molecule has 3 nitrogen and oxygen atoms in total. The molecule has 150 valence electrons. The number of fused-ring (bicyclic) bond motifs is 1. The molecule has 2 aliphatic heterocycles. The first-order chi connectivity index (χ1) is 14.8. The van der Waals surface area contributed by atoms with Crippen LogP contribution >= 0.6 is 0 Å². The van der Waals surface area contributed by atoms with Crippen LogP contribution in [0.25, 0.3) is 0 Å². The van der Waals surface area contributed by atoms with Crippen molar-refractivity contribution in [3.63, 3.8) is 0 Å². The van der Waals surface area contributed by atoms with Crippen LogP contribution in [-0.4, -0.2) is 29.5 Å². The third kappa shape index (κ3) is 3.90. The highest BCUT2D eigenvalue weighted by Gasteiger charge is 2.25. The van der Waals surface area contributed by atoms with Crippen LogP contribution in [0.2, 0.25) is 0 Å². The topological polar surface area (TPSA) is 28.0 Å². The highest BCUT2D eigenvalue weighted by atomic mass is 19.1. The molecule has 3 aromatic rings. The summed E-state index contributed by atoms with van der Waals surface area (Å²) in [6.07, 6.45) is 2.89. The number of para-hydroxylation sites is 2. The zero-order chi connectivity index (χ0) is 20.3. The number of benzene rings is 3. The van der Waals surface area contributed by atoms with Gasteiger partial charge in [0, 0.05) is 19.5 Å². The Morgan fingerprint density at radius 1 is 0.733 bits per heavy atom. The third-order valence-electron chi connectivity index (χ3n) is 6.02. The second kappa shape index (κ2) is 8.23. The van der Waals surface area contributed by atoms with Crippen molar-refractivity contribution in [2.75, 3.05) is 13.1 Å². The number of aliphatic imine (C=N–C) groups is 2. The number of nitrogens with zero attached hydrogens (tertiary/aromatic N) is 3. The third-order valence-corrected chi connectivity index (χ3v) is 6.02. The van der Waals surface area contributed by atoms with E-state index in [1.54, 1.807) is 12.1 Å². The Balaban J connectivity index is 1.42. The molecule has 0 bridgehead atoms. The van der Waals surface area contributed by atoms with Gasteiger partial charge in [-0.1, -0.05) is 54.6 Å². The minimum Gasteiger partial charge on any atom is -0.360 e. The van der Waals surface area contributed by atoms with Crippen molar-refractivity contribution in [3.8, 4) is 0 Å². The quantitative estimate of drug-likeness (QED) is 0.501. The molecule has 0 unspecified atom stereocenters. The van der Waals surface area contributed by atoms with Gasteiger partial charge in [-0.15, -0.1) is 0 Å². The highest BCUT2D eigenvalue weighted by molar-refractivity contribution is 6.14. The van der Waals surface area contributed by atoms with Crippen LogP contribution < -0.4 is 0 Å². The van der Waals surface area contributed by atoms with Crippen LogP contribution in [0.4, 0.5) is 15.8 Å². The molecule has 0 radical (unpaired) electrons. The van der Waals surface area contributed by atoms with Gasteiger partial charge in [-0.3, -0.25) is 4.99 Å². The van der Waals surface area contributed by atoms with Crippen LogP contribution in [0.3, 0.4) is 0 Å². The smallest absolute Gasteiger partial charge is 0.123 e. The molecule has 1 fully saturated rings. The van der Waals surface area contributed by atoms with Gasteiger partial charge in [0.2, 0.25) is 0 Å². The van der Waals surface area contributed by atoms with E-state index in [1.807, 2.05) is 24.3 Å². The van der Waals surface area contributed by atoms with Crippen molar-refractivity contribution in [3.05, 3.63) is 95.8 Å². The van der Waals surface area contributed by atoms with Crippen molar-refractivity contribution in [2.45, 2.75) is 25.2 Å². The number of amidine groups is 1. The molecule has 30 heavy (non-hydrogen) atoms. The van der Waals surface area contributed by atoms with Gasteiger partial charge in [0.1, 0.15) is 11.7 Å². The summed E-state index contributed by atoms with van der Waals surface area (Å²) in [6.45, 7) is 1.97. The molecule has 0 aromatic heterocycles. The number of rotatable bonds is 2. The lowest BCUT2D eigenvalue weighted by Crippen LogP contribution is -2.38. The van der Waals surface area contributed by atoms with Gasteiger partial charge in [-0.05, 0) is 54.2 Å². The molecule has 5 rings (SSSR count). The first-order valence-electron chi connectivity index (χ1n) is 10.6. The maximum atomic E-state index is 13.4. The largest absolute Gasteiger partial charge is 0.360 e. The SMILES string of the molecule is Fc1ccc(C2=Nc3ccccc3N=C(N3CCC(c4ccccc4)CC3)C2)cc1. The maximum Gasteiger partial charge on any atom is 0.123 e. The van der Waals surface area contributed by atoms with E-state index in [9.17, 15) is 4.39 Å². The molecule has 2 heterocycles. The first kappa shape index (κ1) is 18.7. The standard InChI is InChI=1S/C26H24FN3/c27-22-12-10-21(11-13-22)25-18-26(29-24-9-5-4-8-23(24)28-25)30-16-14-20(15-17-30)19-6-2-1-3-7-19/h1-13,20H,14-18H2. The molecule has 3 aromatic carbocycles. The van der Waals surface area contributed by atoms with E-state index >= 15 is 0 Å². The van der Waals surface area contributed by atoms with Gasteiger partial charge in [-0.25, -0.2) is 9.38 Å². The lowest BCUT2D eigenvalue weighted by Gasteiger charge is -2.34. The van der Waals surface area contributed by atoms with Crippen LogP contribution in [0.15, 0.2) is 88.8 Å². The highest BCUT2D eigenvalue weighted by Crippen LogP contribution is 2.34. The van der Waals surface area contributed by atoms with Crippen LogP contribution in [0.5, 0.6) is 0 Å². The van der Waals surface area contributed by atoms with Gasteiger partial charge in [-0.2, -0.15) is 0 Å². The second-order valence-electron chi connectivity index (χ2n) is 7.93. The Kier molecular flexibility index (Phi) is 5.14. The predicted molar refractivity (Wildman–Crippen MR) is 121 cm³/mol. The van der Waals surface area contributed by atoms with Gasteiger partial charge >= 0.3 is 0 Å². The molecule has 1 saturated heterocycles. The Morgan fingerprint density at radius 3 is 2.07 bits per heavy atom. The summed E-state index contributed by atoms with van der Waals surface area (Å²) in [6, 6.07) is 25.4. The number of hydrogen-bond acceptors (Lipinski definition) is 3. The molecule has 0 amide bonds. The van der Waals surface area contributed by atoms with Crippen molar-refractivity contribution < 1.29 is 4.39 Å². The Bertz CT molecular complexity index is 1080. The van der Waals surface area contributed by atoms with Gasteiger partial charge in [0.25, 0.3) is 0 Å². The van der Waals surface area contributed by atoms with E-state index in [4.69, 9.17) is 9.98 Å². The average molecular weight is 397 g/mol. The molecular weight excluding hydrogens is 373 g/mol.